The molecule has 1 aromatic carbocycles. The lowest BCUT2D eigenvalue weighted by atomic mass is 10.0. The summed E-state index contributed by atoms with van der Waals surface area (Å²) in [5, 5.41) is 15.5. The molecule has 0 bridgehead atoms. The molecule has 0 aliphatic carbocycles. The number of likely N-dealkylation sites (tertiary alicyclic amines) is 1. The normalized spacial score (nSPS) is 19.3. The van der Waals surface area contributed by atoms with Crippen LogP contribution in [0.25, 0.3) is 16.8 Å². The maximum atomic E-state index is 15.1. The molecule has 0 spiro atoms. The number of hydrogen-bond acceptors (Lipinski definition) is 7. The van der Waals surface area contributed by atoms with E-state index < -0.39 is 100 Å². The molecular formula is C23H20F8N6O4. The number of anilines is 1. The van der Waals surface area contributed by atoms with Gasteiger partial charge in [0, 0.05) is 18.2 Å². The fourth-order valence-electron chi connectivity index (χ4n) is 4.31. The molecule has 4 N–H and O–H groups in total. The van der Waals surface area contributed by atoms with Crippen LogP contribution in [0.3, 0.4) is 0 Å². The average Bonchev–Trinajstić information content (AvgIpc) is 3.44. The highest BCUT2D eigenvalue weighted by atomic mass is 19.4. The van der Waals surface area contributed by atoms with E-state index in [9.17, 15) is 45.4 Å². The number of nitrogen functional groups attached to an aromatic ring is 1. The van der Waals surface area contributed by atoms with Gasteiger partial charge in [0.25, 0.3) is 11.8 Å². The maximum absolute atomic E-state index is 15.1. The Morgan fingerprint density at radius 2 is 1.80 bits per heavy atom. The van der Waals surface area contributed by atoms with E-state index in [1.54, 1.807) is 0 Å². The molecule has 0 radical (unpaired) electrons. The summed E-state index contributed by atoms with van der Waals surface area (Å²) >= 11 is 0. The number of nitrogens with two attached hydrogens (primary N) is 1. The van der Waals surface area contributed by atoms with Crippen molar-refractivity contribution in [1.29, 1.82) is 0 Å². The van der Waals surface area contributed by atoms with Crippen molar-refractivity contribution in [3.8, 4) is 17.0 Å². The number of nitrogens with zero attached hydrogens (tertiary/aromatic N) is 4. The number of carbonyl (C=O) groups is 2. The van der Waals surface area contributed by atoms with Gasteiger partial charge < -0.3 is 25.8 Å². The van der Waals surface area contributed by atoms with Crippen LogP contribution in [0.15, 0.2) is 24.5 Å². The molecule has 3 heterocycles. The van der Waals surface area contributed by atoms with Crippen molar-refractivity contribution in [1.82, 2.24) is 24.8 Å². The van der Waals surface area contributed by atoms with Gasteiger partial charge in [-0.15, -0.1) is 0 Å². The van der Waals surface area contributed by atoms with Gasteiger partial charge in [0.15, 0.2) is 5.82 Å². The summed E-state index contributed by atoms with van der Waals surface area (Å²) in [6.45, 7) is -1.45. The zero-order valence-corrected chi connectivity index (χ0v) is 20.9. The number of methoxy groups -OCH3 is 1. The number of amides is 2. The molecule has 1 aliphatic rings. The number of aliphatic hydroxyl groups is 1. The van der Waals surface area contributed by atoms with E-state index in [-0.39, 0.29) is 6.92 Å². The van der Waals surface area contributed by atoms with Crippen molar-refractivity contribution >= 4 is 23.1 Å². The molecule has 222 valence electrons. The Morgan fingerprint density at radius 1 is 1.15 bits per heavy atom. The molecule has 1 fully saturated rings. The van der Waals surface area contributed by atoms with Gasteiger partial charge in [-0.05, 0) is 19.1 Å². The van der Waals surface area contributed by atoms with Gasteiger partial charge in [0.05, 0.1) is 36.5 Å². The van der Waals surface area contributed by atoms with E-state index in [1.165, 1.54) is 0 Å². The van der Waals surface area contributed by atoms with Crippen LogP contribution >= 0.6 is 0 Å². The first-order valence-electron chi connectivity index (χ1n) is 11.5. The number of halogens is 8. The summed E-state index contributed by atoms with van der Waals surface area (Å²) < 4.78 is 116. The van der Waals surface area contributed by atoms with Gasteiger partial charge >= 0.3 is 12.4 Å². The number of rotatable bonds is 5. The number of fused-ring (bicyclic) bond motifs is 1. The first-order valence-corrected chi connectivity index (χ1v) is 11.5. The minimum atomic E-state index is -5.36. The molecule has 1 saturated heterocycles. The van der Waals surface area contributed by atoms with Crippen LogP contribution < -0.4 is 15.8 Å². The van der Waals surface area contributed by atoms with E-state index in [0.29, 0.717) is 21.5 Å². The van der Waals surface area contributed by atoms with Gasteiger partial charge in [-0.1, -0.05) is 0 Å². The fourth-order valence-corrected chi connectivity index (χ4v) is 4.31. The number of alkyl halides is 7. The Labute approximate surface area is 224 Å². The minimum absolute atomic E-state index is 0.202. The van der Waals surface area contributed by atoms with Gasteiger partial charge in [-0.3, -0.25) is 9.59 Å². The highest BCUT2D eigenvalue weighted by Crippen LogP contribution is 2.40. The van der Waals surface area contributed by atoms with E-state index in [4.69, 9.17) is 10.5 Å². The summed E-state index contributed by atoms with van der Waals surface area (Å²) in [7, 11) is 1.04. The summed E-state index contributed by atoms with van der Waals surface area (Å²) in [4.78, 5) is 29.2. The zero-order valence-electron chi connectivity index (χ0n) is 20.9. The number of nitrogens with one attached hydrogen (secondary N) is 1. The van der Waals surface area contributed by atoms with Crippen molar-refractivity contribution in [2.45, 2.75) is 37.1 Å². The first-order chi connectivity index (χ1) is 18.9. The maximum Gasteiger partial charge on any atom is 0.426 e. The third-order valence-electron chi connectivity index (χ3n) is 6.52. The minimum Gasteiger partial charge on any atom is -0.496 e. The second-order valence-corrected chi connectivity index (χ2v) is 9.26. The smallest absolute Gasteiger partial charge is 0.426 e. The lowest BCUT2D eigenvalue weighted by Crippen LogP contribution is -2.56. The van der Waals surface area contributed by atoms with E-state index >= 15 is 4.39 Å². The standard InChI is InChI=1S/C23H20F8N6O4/c1-21(40,23(29,30)31)20(39)36-6-13(25)14(7-36)35-19(38)10-3-9(12(24)5-16(10)41-2)15-4-11(22(26,27)28)17-18(32)33-8-34-37(15)17/h3-5,8,13-14,40H,6-7H2,1-2H3,(H,35,38)(H2,32,33,34)/t13?,14?,21-/m1/s1. The number of ether oxygens (including phenoxy) is 1. The van der Waals surface area contributed by atoms with Crippen LogP contribution in [0.1, 0.15) is 22.8 Å². The third-order valence-corrected chi connectivity index (χ3v) is 6.52. The van der Waals surface area contributed by atoms with Gasteiger partial charge in [-0.25, -0.2) is 18.3 Å². The number of benzene rings is 1. The molecular weight excluding hydrogens is 576 g/mol. The van der Waals surface area contributed by atoms with Gasteiger partial charge in [0.2, 0.25) is 5.60 Å². The Balaban J connectivity index is 1.69. The van der Waals surface area contributed by atoms with Crippen molar-refractivity contribution < 1.29 is 54.6 Å². The van der Waals surface area contributed by atoms with Crippen LogP contribution in [0.5, 0.6) is 5.75 Å². The average molecular weight is 596 g/mol. The Bertz CT molecular complexity index is 1520. The van der Waals surface area contributed by atoms with Crippen LogP contribution in [0.4, 0.5) is 40.9 Å². The molecule has 18 heteroatoms. The first kappa shape index (κ1) is 29.8. The second kappa shape index (κ2) is 10.0. The van der Waals surface area contributed by atoms with Crippen LogP contribution in [0, 0.1) is 5.82 Å². The quantitative estimate of drug-likeness (QED) is 0.386. The molecule has 2 amide bonds. The monoisotopic (exact) mass is 596 g/mol. The second-order valence-electron chi connectivity index (χ2n) is 9.26. The fraction of sp³-hybridized carbons (Fsp3) is 0.391. The largest absolute Gasteiger partial charge is 0.496 e. The molecule has 10 nitrogen and oxygen atoms in total. The molecule has 0 saturated carbocycles. The summed E-state index contributed by atoms with van der Waals surface area (Å²) in [5.74, 6) is -5.12. The predicted octanol–water partition coefficient (Wildman–Crippen LogP) is 2.74. The SMILES string of the molecule is COc1cc(F)c(-c2cc(C(F)(F)F)c3c(N)ncnn23)cc1C(=O)NC1CN(C(=O)[C@@](C)(O)C(F)(F)F)CC1F. The number of hydrogen-bond donors (Lipinski definition) is 3. The lowest BCUT2D eigenvalue weighted by molar-refractivity contribution is -0.249. The molecule has 3 atom stereocenters. The molecule has 3 aromatic rings. The number of carbonyl (C=O) groups excluding carboxylic acids is 2. The zero-order chi connectivity index (χ0) is 30.7. The molecule has 1 aliphatic heterocycles. The highest BCUT2D eigenvalue weighted by molar-refractivity contribution is 5.99. The molecule has 41 heavy (non-hydrogen) atoms. The van der Waals surface area contributed by atoms with Crippen molar-refractivity contribution in [3.63, 3.8) is 0 Å². The summed E-state index contributed by atoms with van der Waals surface area (Å²) in [6, 6.07) is 0.465. The van der Waals surface area contributed by atoms with E-state index in [1.807, 2.05) is 0 Å². The van der Waals surface area contributed by atoms with Crippen molar-refractivity contribution in [2.24, 2.45) is 0 Å². The Kier molecular flexibility index (Phi) is 7.26. The third kappa shape index (κ3) is 5.18. The van der Waals surface area contributed by atoms with Gasteiger partial charge in [0.1, 0.15) is 29.6 Å². The lowest BCUT2D eigenvalue weighted by Gasteiger charge is -2.29. The molecule has 4 rings (SSSR count). The summed E-state index contributed by atoms with van der Waals surface area (Å²) in [5.41, 5.74) is -1.73. The topological polar surface area (TPSA) is 135 Å². The van der Waals surface area contributed by atoms with Crippen molar-refractivity contribution in [2.75, 3.05) is 25.9 Å². The predicted molar refractivity (Wildman–Crippen MR) is 124 cm³/mol. The highest BCUT2D eigenvalue weighted by Gasteiger charge is 2.58. The Hall–Kier alpha value is -4.22. The summed E-state index contributed by atoms with van der Waals surface area (Å²) in [6.07, 6.45) is -11.6. The van der Waals surface area contributed by atoms with Crippen molar-refractivity contribution in [3.05, 3.63) is 41.5 Å². The van der Waals surface area contributed by atoms with Crippen LogP contribution in [-0.2, 0) is 11.0 Å². The molecule has 2 unspecified atom stereocenters. The van der Waals surface area contributed by atoms with Gasteiger partial charge in [-0.2, -0.15) is 31.4 Å². The van der Waals surface area contributed by atoms with Crippen LogP contribution in [0.2, 0.25) is 0 Å². The van der Waals surface area contributed by atoms with Crippen LogP contribution in [-0.4, -0.2) is 80.6 Å². The van der Waals surface area contributed by atoms with E-state index in [2.05, 4.69) is 15.4 Å². The van der Waals surface area contributed by atoms with E-state index in [0.717, 1.165) is 19.5 Å². The number of aromatic nitrogens is 3. The molecule has 2 aromatic heterocycles. The Morgan fingerprint density at radius 3 is 2.39 bits per heavy atom.